The minimum absolute atomic E-state index is 0.231. The molecule has 130 valence electrons. The fourth-order valence-corrected chi connectivity index (χ4v) is 3.11. The molecule has 3 aromatic rings. The van der Waals surface area contributed by atoms with E-state index in [1.165, 1.54) is 35.6 Å². The molecule has 5 nitrogen and oxygen atoms in total. The van der Waals surface area contributed by atoms with Crippen molar-refractivity contribution < 1.29 is 13.9 Å². The maximum absolute atomic E-state index is 12.9. The smallest absolute Gasteiger partial charge is 0.257 e. The van der Waals surface area contributed by atoms with Crippen LogP contribution in [0.5, 0.6) is 5.75 Å². The summed E-state index contributed by atoms with van der Waals surface area (Å²) >= 11 is 1.29. The van der Waals surface area contributed by atoms with E-state index in [1.807, 2.05) is 17.5 Å². The second-order valence-corrected chi connectivity index (χ2v) is 6.22. The molecule has 3 rings (SSSR count). The number of rotatable bonds is 5. The highest BCUT2D eigenvalue weighted by molar-refractivity contribution is 7.14. The molecule has 0 bridgehead atoms. The molecule has 1 heterocycles. The molecule has 26 heavy (non-hydrogen) atoms. The third kappa shape index (κ3) is 3.87. The number of thiazole rings is 1. The quantitative estimate of drug-likeness (QED) is 0.730. The molecule has 1 N–H and O–H groups in total. The second kappa shape index (κ2) is 7.76. The van der Waals surface area contributed by atoms with Gasteiger partial charge in [0.1, 0.15) is 11.6 Å². The number of nitriles is 1. The summed E-state index contributed by atoms with van der Waals surface area (Å²) in [5.41, 5.74) is 2.64. The number of halogens is 1. The lowest BCUT2D eigenvalue weighted by Gasteiger charge is -2.07. The molecule has 1 aromatic heterocycles. The zero-order chi connectivity index (χ0) is 18.5. The Balaban J connectivity index is 1.79. The van der Waals surface area contributed by atoms with E-state index in [0.717, 1.165) is 11.1 Å². The molecule has 0 aliphatic carbocycles. The molecule has 0 fully saturated rings. The van der Waals surface area contributed by atoms with Crippen molar-refractivity contribution in [1.82, 2.24) is 4.98 Å². The van der Waals surface area contributed by atoms with Gasteiger partial charge in [0.05, 0.1) is 25.3 Å². The number of nitrogens with zero attached hydrogens (tertiary/aromatic N) is 2. The van der Waals surface area contributed by atoms with Gasteiger partial charge in [0.15, 0.2) is 5.13 Å². The highest BCUT2D eigenvalue weighted by Gasteiger charge is 2.12. The van der Waals surface area contributed by atoms with Gasteiger partial charge >= 0.3 is 0 Å². The molecule has 0 saturated heterocycles. The Morgan fingerprint density at radius 1 is 1.31 bits per heavy atom. The van der Waals surface area contributed by atoms with Crippen molar-refractivity contribution in [3.63, 3.8) is 0 Å². The minimum Gasteiger partial charge on any atom is -0.496 e. The first kappa shape index (κ1) is 17.6. The first-order valence-corrected chi connectivity index (χ1v) is 8.55. The predicted molar refractivity (Wildman–Crippen MR) is 97.8 cm³/mol. The number of methoxy groups -OCH3 is 1. The van der Waals surface area contributed by atoms with Gasteiger partial charge < -0.3 is 4.74 Å². The van der Waals surface area contributed by atoms with Gasteiger partial charge in [-0.3, -0.25) is 10.1 Å². The lowest BCUT2D eigenvalue weighted by molar-refractivity contribution is 0.102. The molecule has 0 atom stereocenters. The summed E-state index contributed by atoms with van der Waals surface area (Å²) < 4.78 is 18.2. The molecule has 0 unspecified atom stereocenters. The van der Waals surface area contributed by atoms with Crippen LogP contribution in [0.1, 0.15) is 15.9 Å². The van der Waals surface area contributed by atoms with Crippen molar-refractivity contribution in [1.29, 1.82) is 5.26 Å². The summed E-state index contributed by atoms with van der Waals surface area (Å²) in [5.74, 6) is -0.105. The summed E-state index contributed by atoms with van der Waals surface area (Å²) in [4.78, 5) is 16.6. The van der Waals surface area contributed by atoms with Crippen LogP contribution in [0.2, 0.25) is 0 Å². The number of hydrogen-bond donors (Lipinski definition) is 1. The van der Waals surface area contributed by atoms with E-state index in [0.29, 0.717) is 22.1 Å². The molecular formula is C19H14FN3O2S. The fraction of sp³-hybridized carbons (Fsp3) is 0.105. The third-order valence-corrected chi connectivity index (χ3v) is 4.43. The van der Waals surface area contributed by atoms with E-state index < -0.39 is 5.82 Å². The number of carbonyl (C=O) groups is 1. The van der Waals surface area contributed by atoms with Crippen LogP contribution in [0.4, 0.5) is 9.52 Å². The maximum Gasteiger partial charge on any atom is 0.257 e. The number of amides is 1. The summed E-state index contributed by atoms with van der Waals surface area (Å²) in [5, 5.41) is 13.9. The van der Waals surface area contributed by atoms with Crippen molar-refractivity contribution in [3.8, 4) is 23.1 Å². The zero-order valence-corrected chi connectivity index (χ0v) is 14.6. The average Bonchev–Trinajstić information content (AvgIpc) is 3.11. The van der Waals surface area contributed by atoms with Crippen LogP contribution in [0.15, 0.2) is 47.8 Å². The van der Waals surface area contributed by atoms with Crippen molar-refractivity contribution in [2.24, 2.45) is 0 Å². The van der Waals surface area contributed by atoms with Crippen molar-refractivity contribution >= 4 is 22.4 Å². The Morgan fingerprint density at radius 3 is 2.77 bits per heavy atom. The van der Waals surface area contributed by atoms with Gasteiger partial charge in [0.25, 0.3) is 5.91 Å². The Hall–Kier alpha value is -3.24. The molecular weight excluding hydrogens is 353 g/mol. The molecule has 0 saturated carbocycles. The lowest BCUT2D eigenvalue weighted by atomic mass is 10.1. The number of hydrogen-bond acceptors (Lipinski definition) is 5. The molecule has 2 aromatic carbocycles. The van der Waals surface area contributed by atoms with E-state index in [4.69, 9.17) is 10.00 Å². The molecule has 0 radical (unpaired) electrons. The number of nitrogens with one attached hydrogen (secondary N) is 1. The molecule has 7 heteroatoms. The van der Waals surface area contributed by atoms with E-state index in [9.17, 15) is 9.18 Å². The van der Waals surface area contributed by atoms with Crippen LogP contribution < -0.4 is 10.1 Å². The number of carbonyl (C=O) groups excluding carboxylic acids is 1. The first-order valence-electron chi connectivity index (χ1n) is 7.67. The SMILES string of the molecule is COc1ccc(-c2csc(NC(=O)c3ccc(F)cc3)n2)cc1CC#N. The topological polar surface area (TPSA) is 75.0 Å². The maximum atomic E-state index is 12.9. The number of anilines is 1. The average molecular weight is 367 g/mol. The fourth-order valence-electron chi connectivity index (χ4n) is 2.40. The van der Waals surface area contributed by atoms with Gasteiger partial charge in [-0.15, -0.1) is 11.3 Å². The summed E-state index contributed by atoms with van der Waals surface area (Å²) in [7, 11) is 1.56. The minimum atomic E-state index is -0.397. The van der Waals surface area contributed by atoms with Gasteiger partial charge in [-0.25, -0.2) is 9.37 Å². The third-order valence-electron chi connectivity index (χ3n) is 3.68. The van der Waals surface area contributed by atoms with Crippen molar-refractivity contribution in [2.75, 3.05) is 12.4 Å². The highest BCUT2D eigenvalue weighted by atomic mass is 32.1. The molecule has 0 aliphatic rings. The second-order valence-electron chi connectivity index (χ2n) is 5.36. The van der Waals surface area contributed by atoms with E-state index in [-0.39, 0.29) is 12.3 Å². The Labute approximate surface area is 153 Å². The largest absolute Gasteiger partial charge is 0.496 e. The Kier molecular flexibility index (Phi) is 5.25. The monoisotopic (exact) mass is 367 g/mol. The van der Waals surface area contributed by atoms with Crippen LogP contribution in [0.25, 0.3) is 11.3 Å². The van der Waals surface area contributed by atoms with Gasteiger partial charge in [-0.1, -0.05) is 0 Å². The lowest BCUT2D eigenvalue weighted by Crippen LogP contribution is -2.11. The number of aromatic nitrogens is 1. The van der Waals surface area contributed by atoms with Crippen LogP contribution in [0.3, 0.4) is 0 Å². The predicted octanol–water partition coefficient (Wildman–Crippen LogP) is 4.28. The number of ether oxygens (including phenoxy) is 1. The van der Waals surface area contributed by atoms with Gasteiger partial charge in [0.2, 0.25) is 0 Å². The first-order chi connectivity index (χ1) is 12.6. The van der Waals surface area contributed by atoms with Gasteiger partial charge in [-0.05, 0) is 42.5 Å². The van der Waals surface area contributed by atoms with Gasteiger partial charge in [0, 0.05) is 22.1 Å². The van der Waals surface area contributed by atoms with Gasteiger partial charge in [-0.2, -0.15) is 5.26 Å². The zero-order valence-electron chi connectivity index (χ0n) is 13.8. The normalized spacial score (nSPS) is 10.2. The summed E-state index contributed by atoms with van der Waals surface area (Å²) in [6.07, 6.45) is 0.231. The van der Waals surface area contributed by atoms with Crippen molar-refractivity contribution in [2.45, 2.75) is 6.42 Å². The Bertz CT molecular complexity index is 977. The standard InChI is InChI=1S/C19H14FN3O2S/c1-25-17-7-4-13(10-14(17)8-9-21)16-11-26-19(22-16)23-18(24)12-2-5-15(20)6-3-12/h2-7,10-11H,8H2,1H3,(H,22,23,24). The van der Waals surface area contributed by atoms with Crippen LogP contribution in [0, 0.1) is 17.1 Å². The van der Waals surface area contributed by atoms with E-state index in [2.05, 4.69) is 16.4 Å². The molecule has 0 aliphatic heterocycles. The number of benzene rings is 2. The van der Waals surface area contributed by atoms with Crippen LogP contribution in [-0.4, -0.2) is 18.0 Å². The van der Waals surface area contributed by atoms with Crippen molar-refractivity contribution in [3.05, 3.63) is 64.8 Å². The summed E-state index contributed by atoms with van der Waals surface area (Å²) in [6, 6.07) is 12.9. The Morgan fingerprint density at radius 2 is 2.08 bits per heavy atom. The van der Waals surface area contributed by atoms with Crippen LogP contribution >= 0.6 is 11.3 Å². The van der Waals surface area contributed by atoms with E-state index in [1.54, 1.807) is 13.2 Å². The van der Waals surface area contributed by atoms with E-state index >= 15 is 0 Å². The highest BCUT2D eigenvalue weighted by Crippen LogP contribution is 2.29. The van der Waals surface area contributed by atoms with Crippen LogP contribution in [-0.2, 0) is 6.42 Å². The molecule has 0 spiro atoms. The summed E-state index contributed by atoms with van der Waals surface area (Å²) in [6.45, 7) is 0. The molecule has 1 amide bonds.